The second-order valence-corrected chi connectivity index (χ2v) is 7.51. The van der Waals surface area contributed by atoms with Crippen LogP contribution in [0.25, 0.3) is 0 Å². The zero-order valence-electron chi connectivity index (χ0n) is 14.7. The first-order chi connectivity index (χ1) is 12.2. The van der Waals surface area contributed by atoms with E-state index in [9.17, 15) is 18.0 Å². The molecule has 2 rings (SSSR count). The number of rotatable bonds is 6. The van der Waals surface area contributed by atoms with Gasteiger partial charge >= 0.3 is 5.97 Å². The van der Waals surface area contributed by atoms with E-state index in [4.69, 9.17) is 4.74 Å². The fourth-order valence-corrected chi connectivity index (χ4v) is 2.74. The number of carbonyl (C=O) groups excluding carboxylic acids is 2. The standard InChI is InChI=1S/C18H20N2O5S/c1-4-25-18(22)13-9-11-14(12-10-13)19-17(21)15-7-5-6-8-16(15)20(2)26(3,23)24/h5-12H,4H2,1-3H3,(H,19,21). The van der Waals surface area contributed by atoms with Crippen LogP contribution in [0.3, 0.4) is 0 Å². The third kappa shape index (κ3) is 4.60. The third-order valence-electron chi connectivity index (χ3n) is 3.64. The van der Waals surface area contributed by atoms with Crippen LogP contribution >= 0.6 is 0 Å². The van der Waals surface area contributed by atoms with Gasteiger partial charge < -0.3 is 10.1 Å². The van der Waals surface area contributed by atoms with E-state index in [1.807, 2.05) is 0 Å². The predicted molar refractivity (Wildman–Crippen MR) is 100 cm³/mol. The van der Waals surface area contributed by atoms with E-state index in [1.54, 1.807) is 55.5 Å². The average Bonchev–Trinajstić information content (AvgIpc) is 2.61. The number of para-hydroxylation sites is 1. The van der Waals surface area contributed by atoms with Crippen molar-refractivity contribution in [3.8, 4) is 0 Å². The number of amides is 1. The summed E-state index contributed by atoms with van der Waals surface area (Å²) in [7, 11) is -2.12. The molecule has 2 aromatic carbocycles. The van der Waals surface area contributed by atoms with E-state index in [0.717, 1.165) is 10.6 Å². The maximum absolute atomic E-state index is 12.6. The SMILES string of the molecule is CCOC(=O)c1ccc(NC(=O)c2ccccc2N(C)S(C)(=O)=O)cc1. The Bertz CT molecular complexity index is 907. The summed E-state index contributed by atoms with van der Waals surface area (Å²) in [6.45, 7) is 2.00. The number of hydrogen-bond donors (Lipinski definition) is 1. The number of anilines is 2. The zero-order valence-corrected chi connectivity index (χ0v) is 15.5. The fourth-order valence-electron chi connectivity index (χ4n) is 2.22. The van der Waals surface area contributed by atoms with E-state index < -0.39 is 21.9 Å². The summed E-state index contributed by atoms with van der Waals surface area (Å²) in [5.74, 6) is -0.898. The van der Waals surface area contributed by atoms with Gasteiger partial charge in [0.2, 0.25) is 10.0 Å². The highest BCUT2D eigenvalue weighted by atomic mass is 32.2. The van der Waals surface area contributed by atoms with Crippen molar-refractivity contribution in [1.29, 1.82) is 0 Å². The summed E-state index contributed by atoms with van der Waals surface area (Å²) in [5.41, 5.74) is 1.34. The van der Waals surface area contributed by atoms with Crippen molar-refractivity contribution >= 4 is 33.3 Å². The highest BCUT2D eigenvalue weighted by molar-refractivity contribution is 7.92. The van der Waals surface area contributed by atoms with Gasteiger partial charge in [0.1, 0.15) is 0 Å². The van der Waals surface area contributed by atoms with Gasteiger partial charge in [0.15, 0.2) is 0 Å². The van der Waals surface area contributed by atoms with Crippen LogP contribution in [0.4, 0.5) is 11.4 Å². The van der Waals surface area contributed by atoms with Crippen LogP contribution in [0.15, 0.2) is 48.5 Å². The smallest absolute Gasteiger partial charge is 0.338 e. The number of sulfonamides is 1. The van der Waals surface area contributed by atoms with Crippen molar-refractivity contribution in [3.63, 3.8) is 0 Å². The Kier molecular flexibility index (Phi) is 5.99. The lowest BCUT2D eigenvalue weighted by molar-refractivity contribution is 0.0526. The Hall–Kier alpha value is -2.87. The minimum Gasteiger partial charge on any atom is -0.462 e. The number of ether oxygens (including phenoxy) is 1. The van der Waals surface area contributed by atoms with Crippen LogP contribution in [-0.4, -0.2) is 40.2 Å². The van der Waals surface area contributed by atoms with Gasteiger partial charge in [-0.25, -0.2) is 13.2 Å². The van der Waals surface area contributed by atoms with Gasteiger partial charge in [0.05, 0.1) is 29.7 Å². The van der Waals surface area contributed by atoms with Crippen LogP contribution in [0.1, 0.15) is 27.6 Å². The minimum atomic E-state index is -3.50. The molecule has 0 saturated carbocycles. The molecule has 0 unspecified atom stereocenters. The van der Waals surface area contributed by atoms with Gasteiger partial charge in [0.25, 0.3) is 5.91 Å². The second kappa shape index (κ2) is 8.01. The minimum absolute atomic E-state index is 0.217. The molecule has 0 heterocycles. The molecule has 2 aromatic rings. The van der Waals surface area contributed by atoms with Crippen LogP contribution < -0.4 is 9.62 Å². The second-order valence-electron chi connectivity index (χ2n) is 5.50. The number of carbonyl (C=O) groups is 2. The molecule has 138 valence electrons. The molecule has 0 fully saturated rings. The fraction of sp³-hybridized carbons (Fsp3) is 0.222. The molecule has 0 radical (unpaired) electrons. The topological polar surface area (TPSA) is 92.8 Å². The molecule has 0 aliphatic carbocycles. The number of nitrogens with zero attached hydrogens (tertiary/aromatic N) is 1. The summed E-state index contributed by atoms with van der Waals surface area (Å²) >= 11 is 0. The first-order valence-electron chi connectivity index (χ1n) is 7.85. The first kappa shape index (κ1) is 19.5. The Morgan fingerprint density at radius 1 is 1.08 bits per heavy atom. The predicted octanol–water partition coefficient (Wildman–Crippen LogP) is 2.51. The van der Waals surface area contributed by atoms with Crippen LogP contribution in [0, 0.1) is 0 Å². The molecule has 0 saturated heterocycles. The lowest BCUT2D eigenvalue weighted by atomic mass is 10.1. The maximum atomic E-state index is 12.6. The van der Waals surface area contributed by atoms with Gasteiger partial charge in [0, 0.05) is 12.7 Å². The molecule has 7 nitrogen and oxygen atoms in total. The van der Waals surface area contributed by atoms with Crippen molar-refractivity contribution in [1.82, 2.24) is 0 Å². The molecule has 0 atom stereocenters. The molecule has 1 N–H and O–H groups in total. The lowest BCUT2D eigenvalue weighted by Gasteiger charge is -2.19. The van der Waals surface area contributed by atoms with E-state index in [0.29, 0.717) is 11.3 Å². The first-order valence-corrected chi connectivity index (χ1v) is 9.70. The molecule has 0 aliphatic rings. The van der Waals surface area contributed by atoms with E-state index >= 15 is 0 Å². The molecule has 26 heavy (non-hydrogen) atoms. The highest BCUT2D eigenvalue weighted by Crippen LogP contribution is 2.22. The summed E-state index contributed by atoms with van der Waals surface area (Å²) in [6, 6.07) is 12.6. The van der Waals surface area contributed by atoms with E-state index in [-0.39, 0.29) is 17.9 Å². The van der Waals surface area contributed by atoms with Crippen molar-refractivity contribution < 1.29 is 22.7 Å². The lowest BCUT2D eigenvalue weighted by Crippen LogP contribution is -2.27. The van der Waals surface area contributed by atoms with Crippen LogP contribution in [0.2, 0.25) is 0 Å². The number of hydrogen-bond acceptors (Lipinski definition) is 5. The highest BCUT2D eigenvalue weighted by Gasteiger charge is 2.19. The van der Waals surface area contributed by atoms with Gasteiger partial charge in [-0.05, 0) is 43.3 Å². The Balaban J connectivity index is 2.22. The molecule has 0 aromatic heterocycles. The van der Waals surface area contributed by atoms with Crippen LogP contribution in [0.5, 0.6) is 0 Å². The Labute approximate surface area is 152 Å². The largest absolute Gasteiger partial charge is 0.462 e. The summed E-state index contributed by atoms with van der Waals surface area (Å²) in [6.07, 6.45) is 1.07. The zero-order chi connectivity index (χ0) is 19.3. The van der Waals surface area contributed by atoms with E-state index in [2.05, 4.69) is 5.32 Å². The number of nitrogens with one attached hydrogen (secondary N) is 1. The Morgan fingerprint density at radius 2 is 1.69 bits per heavy atom. The summed E-state index contributed by atoms with van der Waals surface area (Å²) in [4.78, 5) is 24.2. The normalized spacial score (nSPS) is 10.9. The monoisotopic (exact) mass is 376 g/mol. The Morgan fingerprint density at radius 3 is 2.27 bits per heavy atom. The quantitative estimate of drug-likeness (QED) is 0.782. The van der Waals surface area contributed by atoms with Gasteiger partial charge in [-0.1, -0.05) is 12.1 Å². The molecule has 0 aliphatic heterocycles. The molecule has 8 heteroatoms. The molecular formula is C18H20N2O5S. The molecular weight excluding hydrogens is 356 g/mol. The van der Waals surface area contributed by atoms with E-state index in [1.165, 1.54) is 7.05 Å². The third-order valence-corrected chi connectivity index (χ3v) is 4.83. The van der Waals surface area contributed by atoms with Crippen LogP contribution in [-0.2, 0) is 14.8 Å². The molecule has 0 spiro atoms. The van der Waals surface area contributed by atoms with Crippen molar-refractivity contribution in [3.05, 3.63) is 59.7 Å². The summed E-state index contributed by atoms with van der Waals surface area (Å²) < 4.78 is 29.5. The average molecular weight is 376 g/mol. The maximum Gasteiger partial charge on any atom is 0.338 e. The molecule has 0 bridgehead atoms. The van der Waals surface area contributed by atoms with Gasteiger partial charge in [-0.3, -0.25) is 9.10 Å². The van der Waals surface area contributed by atoms with Crippen molar-refractivity contribution in [2.45, 2.75) is 6.92 Å². The van der Waals surface area contributed by atoms with Gasteiger partial charge in [-0.15, -0.1) is 0 Å². The number of esters is 1. The van der Waals surface area contributed by atoms with Gasteiger partial charge in [-0.2, -0.15) is 0 Å². The van der Waals surface area contributed by atoms with Crippen molar-refractivity contribution in [2.24, 2.45) is 0 Å². The summed E-state index contributed by atoms with van der Waals surface area (Å²) in [5, 5.41) is 2.69. The molecule has 1 amide bonds. The number of benzene rings is 2. The van der Waals surface area contributed by atoms with Crippen molar-refractivity contribution in [2.75, 3.05) is 29.5 Å².